The number of carbonyl (C=O) groups excluding carboxylic acids is 2. The molecule has 138 valence electrons. The number of hydrogen-bond acceptors (Lipinski definition) is 3. The molecule has 27 heavy (non-hydrogen) atoms. The van der Waals surface area contributed by atoms with Gasteiger partial charge in [0.25, 0.3) is 5.91 Å². The highest BCUT2D eigenvalue weighted by atomic mass is 35.5. The molecule has 3 rings (SSSR count). The quantitative estimate of drug-likeness (QED) is 0.623. The summed E-state index contributed by atoms with van der Waals surface area (Å²) < 4.78 is 1.70. The zero-order valence-corrected chi connectivity index (χ0v) is 16.1. The lowest BCUT2D eigenvalue weighted by Gasteiger charge is -2.09. The Kier molecular flexibility index (Phi) is 5.94. The molecule has 2 aromatic carbocycles. The van der Waals surface area contributed by atoms with Crippen molar-refractivity contribution in [1.29, 1.82) is 0 Å². The lowest BCUT2D eigenvalue weighted by Crippen LogP contribution is -2.25. The number of carbonyl (C=O) groups is 2. The zero-order chi connectivity index (χ0) is 19.4. The third-order valence-electron chi connectivity index (χ3n) is 4.05. The van der Waals surface area contributed by atoms with Crippen molar-refractivity contribution in [2.24, 2.45) is 0 Å². The summed E-state index contributed by atoms with van der Waals surface area (Å²) in [6.45, 7) is 2.81. The van der Waals surface area contributed by atoms with Crippen molar-refractivity contribution >= 4 is 34.9 Å². The molecule has 7 heteroatoms. The topological polar surface area (TPSA) is 64.0 Å². The molecule has 0 aliphatic heterocycles. The van der Waals surface area contributed by atoms with Gasteiger partial charge >= 0.3 is 0 Å². The first-order valence-corrected chi connectivity index (χ1v) is 9.14. The van der Waals surface area contributed by atoms with Gasteiger partial charge in [-0.25, -0.2) is 0 Å². The molecule has 0 saturated carbocycles. The highest BCUT2D eigenvalue weighted by Crippen LogP contribution is 2.18. The summed E-state index contributed by atoms with van der Waals surface area (Å²) in [5.74, 6) is -0.610. The van der Waals surface area contributed by atoms with Crippen LogP contribution < -0.4 is 5.32 Å². The predicted octanol–water partition coefficient (Wildman–Crippen LogP) is 4.37. The second kappa shape index (κ2) is 8.37. The van der Waals surface area contributed by atoms with E-state index in [1.807, 2.05) is 6.92 Å². The van der Waals surface area contributed by atoms with Crippen LogP contribution in [0.4, 0.5) is 0 Å². The van der Waals surface area contributed by atoms with Gasteiger partial charge in [0.05, 0.1) is 17.1 Å². The summed E-state index contributed by atoms with van der Waals surface area (Å²) in [5, 5.41) is 8.11. The Balaban J connectivity index is 1.80. The van der Waals surface area contributed by atoms with E-state index >= 15 is 0 Å². The van der Waals surface area contributed by atoms with E-state index in [4.69, 9.17) is 23.2 Å². The van der Waals surface area contributed by atoms with E-state index in [1.54, 1.807) is 59.4 Å². The van der Waals surface area contributed by atoms with Gasteiger partial charge in [-0.1, -0.05) is 41.4 Å². The number of nitrogens with zero attached hydrogens (tertiary/aromatic N) is 2. The van der Waals surface area contributed by atoms with Gasteiger partial charge in [0.1, 0.15) is 5.69 Å². The Morgan fingerprint density at radius 1 is 1.04 bits per heavy atom. The average Bonchev–Trinajstić information content (AvgIpc) is 3.06. The Morgan fingerprint density at radius 2 is 1.70 bits per heavy atom. The molecule has 3 aromatic rings. The van der Waals surface area contributed by atoms with Crippen LogP contribution in [-0.4, -0.2) is 21.5 Å². The molecule has 0 unspecified atom stereocenters. The largest absolute Gasteiger partial charge is 0.346 e. The third-order valence-corrected chi connectivity index (χ3v) is 4.62. The number of amides is 1. The molecule has 0 aliphatic carbocycles. The van der Waals surface area contributed by atoms with Gasteiger partial charge in [0.2, 0.25) is 0 Å². The Hall–Kier alpha value is -2.63. The molecular formula is C20H17Cl2N3O2. The van der Waals surface area contributed by atoms with Crippen LogP contribution in [0.1, 0.15) is 38.9 Å². The summed E-state index contributed by atoms with van der Waals surface area (Å²) in [7, 11) is 0. The van der Waals surface area contributed by atoms with Crippen LogP contribution in [0.5, 0.6) is 0 Å². The average molecular weight is 402 g/mol. The molecule has 1 aromatic heterocycles. The number of nitrogens with one attached hydrogen (secondary N) is 1. The molecule has 0 atom stereocenters. The molecule has 0 radical (unpaired) electrons. The van der Waals surface area contributed by atoms with Crippen LogP contribution >= 0.6 is 23.2 Å². The van der Waals surface area contributed by atoms with Crippen molar-refractivity contribution in [3.63, 3.8) is 0 Å². The SMILES string of the molecule is CCn1cc(Cl)c(CNC(=O)c2ccccc2C(=O)c2ccc(Cl)cc2)n1. The van der Waals surface area contributed by atoms with Crippen molar-refractivity contribution in [1.82, 2.24) is 15.1 Å². The normalized spacial score (nSPS) is 10.6. The summed E-state index contributed by atoms with van der Waals surface area (Å²) in [6.07, 6.45) is 1.71. The molecule has 0 aliphatic rings. The highest BCUT2D eigenvalue weighted by Gasteiger charge is 2.18. The van der Waals surface area contributed by atoms with Gasteiger partial charge in [-0.3, -0.25) is 14.3 Å². The minimum Gasteiger partial charge on any atom is -0.346 e. The number of benzene rings is 2. The van der Waals surface area contributed by atoms with Crippen LogP contribution in [0, 0.1) is 0 Å². The smallest absolute Gasteiger partial charge is 0.252 e. The van der Waals surface area contributed by atoms with E-state index in [9.17, 15) is 9.59 Å². The van der Waals surface area contributed by atoms with Crippen molar-refractivity contribution in [2.75, 3.05) is 0 Å². The standard InChI is InChI=1S/C20H17Cl2N3O2/c1-2-25-12-17(22)18(24-25)11-23-20(27)16-6-4-3-5-15(16)19(26)13-7-9-14(21)10-8-13/h3-10,12H,2,11H2,1H3,(H,23,27). The van der Waals surface area contributed by atoms with Gasteiger partial charge in [-0.2, -0.15) is 5.10 Å². The molecule has 0 saturated heterocycles. The van der Waals surface area contributed by atoms with E-state index in [1.165, 1.54) is 0 Å². The van der Waals surface area contributed by atoms with Crippen molar-refractivity contribution in [3.8, 4) is 0 Å². The first-order valence-electron chi connectivity index (χ1n) is 8.39. The fourth-order valence-corrected chi connectivity index (χ4v) is 2.96. The fraction of sp³-hybridized carbons (Fsp3) is 0.150. The Morgan fingerprint density at radius 3 is 2.33 bits per heavy atom. The van der Waals surface area contributed by atoms with Gasteiger partial charge in [-0.15, -0.1) is 0 Å². The lowest BCUT2D eigenvalue weighted by atomic mass is 9.98. The number of aromatic nitrogens is 2. The second-order valence-corrected chi connectivity index (χ2v) is 6.69. The lowest BCUT2D eigenvalue weighted by molar-refractivity contribution is 0.0939. The van der Waals surface area contributed by atoms with E-state index in [0.29, 0.717) is 39.0 Å². The Bertz CT molecular complexity index is 981. The van der Waals surface area contributed by atoms with Crippen LogP contribution in [0.15, 0.2) is 54.7 Å². The molecule has 1 N–H and O–H groups in total. The molecule has 0 bridgehead atoms. The minimum absolute atomic E-state index is 0.175. The van der Waals surface area contributed by atoms with Crippen molar-refractivity contribution in [3.05, 3.63) is 87.2 Å². The molecular weight excluding hydrogens is 385 g/mol. The zero-order valence-electron chi connectivity index (χ0n) is 14.6. The number of hydrogen-bond donors (Lipinski definition) is 1. The van der Waals surface area contributed by atoms with Crippen LogP contribution in [-0.2, 0) is 13.1 Å². The first kappa shape index (κ1) is 19.1. The van der Waals surface area contributed by atoms with Crippen LogP contribution in [0.2, 0.25) is 10.0 Å². The fourth-order valence-electron chi connectivity index (χ4n) is 2.61. The molecule has 1 heterocycles. The van der Waals surface area contributed by atoms with Gasteiger partial charge in [0.15, 0.2) is 5.78 Å². The van der Waals surface area contributed by atoms with E-state index in [-0.39, 0.29) is 18.2 Å². The third kappa shape index (κ3) is 4.38. The van der Waals surface area contributed by atoms with Crippen LogP contribution in [0.25, 0.3) is 0 Å². The second-order valence-electron chi connectivity index (χ2n) is 5.84. The maximum Gasteiger partial charge on any atom is 0.252 e. The summed E-state index contributed by atoms with van der Waals surface area (Å²) in [5.41, 5.74) is 1.66. The number of aryl methyl sites for hydroxylation is 1. The predicted molar refractivity (Wildman–Crippen MR) is 105 cm³/mol. The number of halogens is 2. The summed E-state index contributed by atoms with van der Waals surface area (Å²) in [4.78, 5) is 25.4. The maximum absolute atomic E-state index is 12.8. The minimum atomic E-state index is -0.366. The summed E-state index contributed by atoms with van der Waals surface area (Å²) in [6, 6.07) is 13.2. The first-order chi connectivity index (χ1) is 13.0. The maximum atomic E-state index is 12.8. The monoisotopic (exact) mass is 401 g/mol. The van der Waals surface area contributed by atoms with E-state index < -0.39 is 0 Å². The Labute approximate surface area is 166 Å². The van der Waals surface area contributed by atoms with E-state index in [2.05, 4.69) is 10.4 Å². The van der Waals surface area contributed by atoms with Gasteiger partial charge < -0.3 is 5.32 Å². The molecule has 1 amide bonds. The van der Waals surface area contributed by atoms with Gasteiger partial charge in [0, 0.05) is 28.9 Å². The van der Waals surface area contributed by atoms with Crippen molar-refractivity contribution < 1.29 is 9.59 Å². The number of ketones is 1. The molecule has 5 nitrogen and oxygen atoms in total. The van der Waals surface area contributed by atoms with E-state index in [0.717, 1.165) is 0 Å². The van der Waals surface area contributed by atoms with Gasteiger partial charge in [-0.05, 0) is 37.3 Å². The molecule has 0 fully saturated rings. The molecule has 0 spiro atoms. The van der Waals surface area contributed by atoms with Crippen molar-refractivity contribution in [2.45, 2.75) is 20.0 Å². The summed E-state index contributed by atoms with van der Waals surface area (Å²) >= 11 is 12.0. The highest BCUT2D eigenvalue weighted by molar-refractivity contribution is 6.31. The number of rotatable bonds is 6. The van der Waals surface area contributed by atoms with Crippen LogP contribution in [0.3, 0.4) is 0 Å².